The second kappa shape index (κ2) is 5.06. The summed E-state index contributed by atoms with van der Waals surface area (Å²) < 4.78 is 1.80. The first kappa shape index (κ1) is 11.7. The van der Waals surface area contributed by atoms with Gasteiger partial charge >= 0.3 is 0 Å². The Hall–Kier alpha value is -1.74. The molecule has 4 heteroatoms. The molecule has 3 nitrogen and oxygen atoms in total. The molecule has 1 heterocycles. The number of hydrogen-bond donors (Lipinski definition) is 1. The number of nitrogens with one attached hydrogen (secondary N) is 1. The summed E-state index contributed by atoms with van der Waals surface area (Å²) in [4.78, 5) is 11.7. The third-order valence-corrected chi connectivity index (χ3v) is 2.70. The number of amides is 1. The fourth-order valence-electron chi connectivity index (χ4n) is 1.55. The summed E-state index contributed by atoms with van der Waals surface area (Å²) in [6, 6.07) is 9.31. The summed E-state index contributed by atoms with van der Waals surface area (Å²) in [6.45, 7) is 2.24. The third-order valence-electron chi connectivity index (χ3n) is 2.39. The van der Waals surface area contributed by atoms with Crippen LogP contribution in [0, 0.1) is 6.92 Å². The van der Waals surface area contributed by atoms with E-state index in [4.69, 9.17) is 11.6 Å². The topological polar surface area (TPSA) is 34.0 Å². The number of aromatic nitrogens is 1. The first-order valence-electron chi connectivity index (χ1n) is 5.32. The number of benzene rings is 1. The van der Waals surface area contributed by atoms with E-state index in [1.807, 2.05) is 49.6 Å². The van der Waals surface area contributed by atoms with Gasteiger partial charge in [-0.05, 0) is 36.8 Å². The number of aryl methyl sites for hydroxylation is 1. The minimum atomic E-state index is -0.0908. The summed E-state index contributed by atoms with van der Waals surface area (Å²) in [5.74, 6) is -0.0908. The van der Waals surface area contributed by atoms with Crippen LogP contribution >= 0.6 is 11.6 Å². The van der Waals surface area contributed by atoms with Gasteiger partial charge in [-0.15, -0.1) is 0 Å². The summed E-state index contributed by atoms with van der Waals surface area (Å²) in [5, 5.41) is 3.34. The van der Waals surface area contributed by atoms with Gasteiger partial charge in [-0.1, -0.05) is 17.7 Å². The van der Waals surface area contributed by atoms with Crippen molar-refractivity contribution in [1.82, 2.24) is 4.57 Å². The van der Waals surface area contributed by atoms with E-state index in [0.29, 0.717) is 10.7 Å². The molecule has 0 unspecified atom stereocenters. The molecule has 0 radical (unpaired) electrons. The Kier molecular flexibility index (Phi) is 3.49. The van der Waals surface area contributed by atoms with Crippen molar-refractivity contribution >= 4 is 23.2 Å². The van der Waals surface area contributed by atoms with Crippen LogP contribution in [0.1, 0.15) is 5.56 Å². The maximum atomic E-state index is 11.7. The van der Waals surface area contributed by atoms with Crippen LogP contribution in [-0.4, -0.2) is 10.5 Å². The maximum Gasteiger partial charge on any atom is 0.244 e. The molecule has 0 aliphatic carbocycles. The molecule has 0 atom stereocenters. The standard InChI is InChI=1S/C13H13ClN2O/c1-10-4-5-12(11(14)8-10)15-13(17)9-16-6-2-3-7-16/h2-8H,9H2,1H3,(H,15,17). The van der Waals surface area contributed by atoms with Crippen LogP contribution in [0.4, 0.5) is 5.69 Å². The molecule has 1 amide bonds. The lowest BCUT2D eigenvalue weighted by Gasteiger charge is -2.08. The van der Waals surface area contributed by atoms with E-state index in [-0.39, 0.29) is 12.5 Å². The molecule has 1 aromatic carbocycles. The van der Waals surface area contributed by atoms with E-state index in [2.05, 4.69) is 5.32 Å². The van der Waals surface area contributed by atoms with Crippen molar-refractivity contribution in [3.63, 3.8) is 0 Å². The quantitative estimate of drug-likeness (QED) is 0.890. The Morgan fingerprint density at radius 2 is 2.06 bits per heavy atom. The molecule has 2 aromatic rings. The number of rotatable bonds is 3. The molecular formula is C13H13ClN2O. The minimum Gasteiger partial charge on any atom is -0.345 e. The monoisotopic (exact) mass is 248 g/mol. The van der Waals surface area contributed by atoms with Crippen molar-refractivity contribution in [2.24, 2.45) is 0 Å². The second-order valence-electron chi connectivity index (χ2n) is 3.89. The van der Waals surface area contributed by atoms with Crippen molar-refractivity contribution < 1.29 is 4.79 Å². The van der Waals surface area contributed by atoms with E-state index < -0.39 is 0 Å². The molecule has 88 valence electrons. The van der Waals surface area contributed by atoms with Gasteiger partial charge in [0.2, 0.25) is 5.91 Å². The molecule has 0 aliphatic heterocycles. The van der Waals surface area contributed by atoms with E-state index in [1.165, 1.54) is 0 Å². The highest BCUT2D eigenvalue weighted by molar-refractivity contribution is 6.33. The number of anilines is 1. The molecule has 0 spiro atoms. The van der Waals surface area contributed by atoms with Gasteiger partial charge < -0.3 is 9.88 Å². The number of halogens is 1. The largest absolute Gasteiger partial charge is 0.345 e. The smallest absolute Gasteiger partial charge is 0.244 e. The summed E-state index contributed by atoms with van der Waals surface area (Å²) >= 11 is 6.03. The lowest BCUT2D eigenvalue weighted by Crippen LogP contribution is -2.18. The molecule has 1 N–H and O–H groups in total. The van der Waals surface area contributed by atoms with Gasteiger partial charge in [0, 0.05) is 12.4 Å². The molecule has 0 bridgehead atoms. The molecule has 2 rings (SSSR count). The molecule has 0 fully saturated rings. The van der Waals surface area contributed by atoms with Gasteiger partial charge in [0.05, 0.1) is 10.7 Å². The lowest BCUT2D eigenvalue weighted by atomic mass is 10.2. The van der Waals surface area contributed by atoms with E-state index in [9.17, 15) is 4.79 Å². The van der Waals surface area contributed by atoms with Gasteiger partial charge in [-0.25, -0.2) is 0 Å². The zero-order valence-corrected chi connectivity index (χ0v) is 10.2. The Morgan fingerprint density at radius 1 is 1.35 bits per heavy atom. The molecule has 0 aliphatic rings. The third kappa shape index (κ3) is 3.11. The summed E-state index contributed by atoms with van der Waals surface area (Å²) in [7, 11) is 0. The van der Waals surface area contributed by atoms with Gasteiger partial charge in [0.15, 0.2) is 0 Å². The molecule has 0 saturated carbocycles. The van der Waals surface area contributed by atoms with Crippen molar-refractivity contribution in [3.05, 3.63) is 53.3 Å². The predicted octanol–water partition coefficient (Wildman–Crippen LogP) is 3.09. The zero-order chi connectivity index (χ0) is 12.3. The summed E-state index contributed by atoms with van der Waals surface area (Å²) in [5.41, 5.74) is 1.72. The van der Waals surface area contributed by atoms with Gasteiger partial charge in [-0.3, -0.25) is 4.79 Å². The average Bonchev–Trinajstić information content (AvgIpc) is 2.75. The minimum absolute atomic E-state index is 0.0908. The number of nitrogens with zero attached hydrogens (tertiary/aromatic N) is 1. The average molecular weight is 249 g/mol. The highest BCUT2D eigenvalue weighted by atomic mass is 35.5. The Morgan fingerprint density at radius 3 is 2.71 bits per heavy atom. The van der Waals surface area contributed by atoms with Crippen molar-refractivity contribution in [1.29, 1.82) is 0 Å². The highest BCUT2D eigenvalue weighted by Gasteiger charge is 2.06. The number of hydrogen-bond acceptors (Lipinski definition) is 1. The Balaban J connectivity index is 2.03. The molecule has 17 heavy (non-hydrogen) atoms. The first-order chi connectivity index (χ1) is 8.15. The van der Waals surface area contributed by atoms with Crippen LogP contribution in [0.15, 0.2) is 42.7 Å². The van der Waals surface area contributed by atoms with E-state index in [0.717, 1.165) is 5.56 Å². The van der Waals surface area contributed by atoms with Crippen molar-refractivity contribution in [2.75, 3.05) is 5.32 Å². The van der Waals surface area contributed by atoms with Gasteiger partial charge in [-0.2, -0.15) is 0 Å². The van der Waals surface area contributed by atoms with Gasteiger partial charge in [0.1, 0.15) is 6.54 Å². The molecular weight excluding hydrogens is 236 g/mol. The van der Waals surface area contributed by atoms with Crippen LogP contribution in [-0.2, 0) is 11.3 Å². The highest BCUT2D eigenvalue weighted by Crippen LogP contribution is 2.22. The molecule has 1 aromatic heterocycles. The van der Waals surface area contributed by atoms with E-state index in [1.54, 1.807) is 4.57 Å². The fourth-order valence-corrected chi connectivity index (χ4v) is 1.83. The SMILES string of the molecule is Cc1ccc(NC(=O)Cn2cccc2)c(Cl)c1. The lowest BCUT2D eigenvalue weighted by molar-refractivity contribution is -0.116. The second-order valence-corrected chi connectivity index (χ2v) is 4.29. The van der Waals surface area contributed by atoms with Crippen LogP contribution in [0.25, 0.3) is 0 Å². The van der Waals surface area contributed by atoms with E-state index >= 15 is 0 Å². The van der Waals surface area contributed by atoms with Crippen molar-refractivity contribution in [2.45, 2.75) is 13.5 Å². The number of carbonyl (C=O) groups excluding carboxylic acids is 1. The summed E-state index contributed by atoms with van der Waals surface area (Å²) in [6.07, 6.45) is 3.69. The van der Waals surface area contributed by atoms with Gasteiger partial charge in [0.25, 0.3) is 0 Å². The van der Waals surface area contributed by atoms with Crippen LogP contribution in [0.2, 0.25) is 5.02 Å². The predicted molar refractivity (Wildman–Crippen MR) is 69.3 cm³/mol. The Bertz CT molecular complexity index is 520. The Labute approximate surface area is 105 Å². The van der Waals surface area contributed by atoms with Crippen LogP contribution in [0.3, 0.4) is 0 Å². The normalized spacial score (nSPS) is 10.2. The van der Waals surface area contributed by atoms with Crippen molar-refractivity contribution in [3.8, 4) is 0 Å². The number of carbonyl (C=O) groups is 1. The first-order valence-corrected chi connectivity index (χ1v) is 5.70. The molecule has 0 saturated heterocycles. The maximum absolute atomic E-state index is 11.7. The van der Waals surface area contributed by atoms with Crippen LogP contribution < -0.4 is 5.32 Å². The van der Waals surface area contributed by atoms with Crippen LogP contribution in [0.5, 0.6) is 0 Å². The fraction of sp³-hybridized carbons (Fsp3) is 0.154. The zero-order valence-electron chi connectivity index (χ0n) is 9.48.